The SMILES string of the molecule is CCOC(=O)C1=C(C)N=c2s/c(=C\c3ccc(-c4ccccc4C(=O)OC)o3)c(=O)n2C1c1cccc(OC)c1. The summed E-state index contributed by atoms with van der Waals surface area (Å²) in [6.45, 7) is 3.64. The first kappa shape index (κ1) is 26.9. The van der Waals surface area contributed by atoms with Gasteiger partial charge in [-0.2, -0.15) is 0 Å². The third kappa shape index (κ3) is 4.89. The second kappa shape index (κ2) is 11.2. The smallest absolute Gasteiger partial charge is 0.338 e. The number of benzene rings is 2. The Bertz CT molecular complexity index is 1830. The molecule has 40 heavy (non-hydrogen) atoms. The third-order valence-electron chi connectivity index (χ3n) is 6.42. The number of carbonyl (C=O) groups is 2. The highest BCUT2D eigenvalue weighted by atomic mass is 32.1. The minimum Gasteiger partial charge on any atom is -0.497 e. The number of carbonyl (C=O) groups excluding carboxylic acids is 2. The molecule has 1 aliphatic heterocycles. The molecular weight excluding hydrogens is 532 g/mol. The van der Waals surface area contributed by atoms with E-state index < -0.39 is 18.0 Å². The zero-order valence-corrected chi connectivity index (χ0v) is 23.1. The van der Waals surface area contributed by atoms with E-state index in [1.807, 2.05) is 6.07 Å². The molecule has 204 valence electrons. The highest BCUT2D eigenvalue weighted by Gasteiger charge is 2.33. The van der Waals surface area contributed by atoms with Crippen LogP contribution in [0.1, 0.15) is 41.6 Å². The van der Waals surface area contributed by atoms with E-state index in [0.29, 0.717) is 49.0 Å². The number of hydrogen-bond donors (Lipinski definition) is 0. The van der Waals surface area contributed by atoms with Crippen molar-refractivity contribution in [1.29, 1.82) is 0 Å². The molecule has 0 radical (unpaired) electrons. The van der Waals surface area contributed by atoms with Gasteiger partial charge in [0.1, 0.15) is 17.3 Å². The maximum atomic E-state index is 13.8. The number of fused-ring (bicyclic) bond motifs is 1. The van der Waals surface area contributed by atoms with Gasteiger partial charge in [-0.25, -0.2) is 14.6 Å². The maximum absolute atomic E-state index is 13.8. The van der Waals surface area contributed by atoms with Crippen LogP contribution in [0.3, 0.4) is 0 Å². The molecule has 0 amide bonds. The van der Waals surface area contributed by atoms with Crippen molar-refractivity contribution in [3.63, 3.8) is 0 Å². The number of furan rings is 1. The number of rotatable bonds is 7. The molecule has 0 spiro atoms. The first-order chi connectivity index (χ1) is 19.4. The fraction of sp³-hybridized carbons (Fsp3) is 0.200. The molecule has 0 saturated carbocycles. The summed E-state index contributed by atoms with van der Waals surface area (Å²) in [6, 6.07) is 16.9. The van der Waals surface area contributed by atoms with Crippen molar-refractivity contribution in [2.24, 2.45) is 4.99 Å². The Morgan fingerprint density at radius 3 is 2.62 bits per heavy atom. The van der Waals surface area contributed by atoms with Gasteiger partial charge >= 0.3 is 11.9 Å². The van der Waals surface area contributed by atoms with Gasteiger partial charge in [-0.1, -0.05) is 41.7 Å². The van der Waals surface area contributed by atoms with E-state index >= 15 is 0 Å². The summed E-state index contributed by atoms with van der Waals surface area (Å²) >= 11 is 1.19. The lowest BCUT2D eigenvalue weighted by Crippen LogP contribution is -2.39. The molecule has 9 nitrogen and oxygen atoms in total. The van der Waals surface area contributed by atoms with Gasteiger partial charge in [-0.3, -0.25) is 9.36 Å². The summed E-state index contributed by atoms with van der Waals surface area (Å²) in [5, 5.41) is 0. The Labute approximate surface area is 233 Å². The normalized spacial score (nSPS) is 14.9. The lowest BCUT2D eigenvalue weighted by Gasteiger charge is -2.24. The lowest BCUT2D eigenvalue weighted by molar-refractivity contribution is -0.139. The number of esters is 2. The Kier molecular flexibility index (Phi) is 7.52. The number of nitrogens with zero attached hydrogens (tertiary/aromatic N) is 2. The van der Waals surface area contributed by atoms with Crippen LogP contribution in [0.25, 0.3) is 17.4 Å². The predicted octanol–water partition coefficient (Wildman–Crippen LogP) is 3.85. The second-order valence-electron chi connectivity index (χ2n) is 8.82. The summed E-state index contributed by atoms with van der Waals surface area (Å²) in [7, 11) is 2.87. The van der Waals surface area contributed by atoms with E-state index in [0.717, 1.165) is 0 Å². The van der Waals surface area contributed by atoms with Crippen LogP contribution < -0.4 is 19.6 Å². The number of allylic oxidation sites excluding steroid dienone is 1. The van der Waals surface area contributed by atoms with Gasteiger partial charge in [0.25, 0.3) is 5.56 Å². The molecule has 5 rings (SSSR count). The lowest BCUT2D eigenvalue weighted by atomic mass is 9.95. The summed E-state index contributed by atoms with van der Waals surface area (Å²) in [6.07, 6.45) is 1.63. The van der Waals surface area contributed by atoms with E-state index in [-0.39, 0.29) is 17.7 Å². The molecule has 0 aliphatic carbocycles. The van der Waals surface area contributed by atoms with Crippen LogP contribution in [-0.4, -0.2) is 37.3 Å². The predicted molar refractivity (Wildman–Crippen MR) is 149 cm³/mol. The van der Waals surface area contributed by atoms with Crippen molar-refractivity contribution < 1.29 is 28.2 Å². The van der Waals surface area contributed by atoms with Crippen molar-refractivity contribution in [2.75, 3.05) is 20.8 Å². The zero-order valence-electron chi connectivity index (χ0n) is 22.3. The van der Waals surface area contributed by atoms with Crippen LogP contribution in [0.5, 0.6) is 5.75 Å². The van der Waals surface area contributed by atoms with Crippen molar-refractivity contribution in [2.45, 2.75) is 19.9 Å². The molecular formula is C30H26N2O7S. The zero-order chi connectivity index (χ0) is 28.4. The Hall–Kier alpha value is -4.70. The third-order valence-corrected chi connectivity index (χ3v) is 7.41. The van der Waals surface area contributed by atoms with Crippen LogP contribution in [-0.2, 0) is 14.3 Å². The van der Waals surface area contributed by atoms with Crippen LogP contribution in [0, 0.1) is 0 Å². The van der Waals surface area contributed by atoms with Gasteiger partial charge < -0.3 is 18.6 Å². The largest absolute Gasteiger partial charge is 0.497 e. The van der Waals surface area contributed by atoms with Crippen molar-refractivity contribution in [3.8, 4) is 17.1 Å². The minimum absolute atomic E-state index is 0.185. The molecule has 1 aliphatic rings. The highest BCUT2D eigenvalue weighted by Crippen LogP contribution is 2.32. The maximum Gasteiger partial charge on any atom is 0.338 e. The molecule has 3 heterocycles. The molecule has 4 aromatic rings. The number of thiazole rings is 1. The molecule has 0 saturated heterocycles. The second-order valence-corrected chi connectivity index (χ2v) is 9.83. The fourth-order valence-electron chi connectivity index (χ4n) is 4.61. The average molecular weight is 559 g/mol. The number of methoxy groups -OCH3 is 2. The molecule has 2 aromatic carbocycles. The average Bonchev–Trinajstić information content (AvgIpc) is 3.56. The molecule has 0 N–H and O–H groups in total. The quantitative estimate of drug-likeness (QED) is 0.317. The summed E-state index contributed by atoms with van der Waals surface area (Å²) in [5.41, 5.74) is 2.05. The van der Waals surface area contributed by atoms with Gasteiger partial charge in [0, 0.05) is 11.6 Å². The molecule has 1 unspecified atom stereocenters. The molecule has 0 fully saturated rings. The fourth-order valence-corrected chi connectivity index (χ4v) is 5.64. The summed E-state index contributed by atoms with van der Waals surface area (Å²) in [4.78, 5) is 44.1. The Morgan fingerprint density at radius 2 is 1.88 bits per heavy atom. The van der Waals surface area contributed by atoms with Crippen LogP contribution >= 0.6 is 11.3 Å². The monoisotopic (exact) mass is 558 g/mol. The topological polar surface area (TPSA) is 109 Å². The van der Waals surface area contributed by atoms with E-state index in [1.54, 1.807) is 81.6 Å². The van der Waals surface area contributed by atoms with Crippen molar-refractivity contribution >= 4 is 29.4 Å². The standard InChI is InChI=1S/C30H26N2O7S/c1-5-38-29(35)25-17(2)31-30-32(26(25)18-9-8-10-19(15-18)36-3)27(33)24(40-30)16-20-13-14-23(39-20)21-11-6-7-12-22(21)28(34)37-4/h6-16,26H,5H2,1-4H3/b24-16-. The minimum atomic E-state index is -0.758. The van der Waals surface area contributed by atoms with Crippen molar-refractivity contribution in [3.05, 3.63) is 109 Å². The molecule has 2 aromatic heterocycles. The summed E-state index contributed by atoms with van der Waals surface area (Å²) < 4.78 is 23.5. The van der Waals surface area contributed by atoms with Crippen LogP contribution in [0.4, 0.5) is 0 Å². The van der Waals surface area contributed by atoms with Gasteiger partial charge in [-0.05, 0) is 49.7 Å². The van der Waals surface area contributed by atoms with E-state index in [4.69, 9.17) is 18.6 Å². The van der Waals surface area contributed by atoms with E-state index in [2.05, 4.69) is 4.99 Å². The van der Waals surface area contributed by atoms with Gasteiger partial charge in [0.2, 0.25) is 0 Å². The van der Waals surface area contributed by atoms with E-state index in [9.17, 15) is 14.4 Å². The number of hydrogen-bond acceptors (Lipinski definition) is 9. The van der Waals surface area contributed by atoms with E-state index in [1.165, 1.54) is 23.0 Å². The van der Waals surface area contributed by atoms with Crippen LogP contribution in [0.2, 0.25) is 0 Å². The van der Waals surface area contributed by atoms with Gasteiger partial charge in [0.15, 0.2) is 4.80 Å². The molecule has 0 bridgehead atoms. The molecule has 1 atom stereocenters. The summed E-state index contributed by atoms with van der Waals surface area (Å²) in [5.74, 6) is 0.444. The Balaban J connectivity index is 1.63. The Morgan fingerprint density at radius 1 is 1.07 bits per heavy atom. The highest BCUT2D eigenvalue weighted by molar-refractivity contribution is 7.07. The van der Waals surface area contributed by atoms with Gasteiger partial charge in [0.05, 0.1) is 48.2 Å². The van der Waals surface area contributed by atoms with Crippen molar-refractivity contribution in [1.82, 2.24) is 4.57 Å². The first-order valence-electron chi connectivity index (χ1n) is 12.5. The number of aromatic nitrogens is 1. The molecule has 10 heteroatoms. The number of ether oxygens (including phenoxy) is 3. The first-order valence-corrected chi connectivity index (χ1v) is 13.3. The van der Waals surface area contributed by atoms with Gasteiger partial charge in [-0.15, -0.1) is 0 Å². The van der Waals surface area contributed by atoms with Crippen LogP contribution in [0.15, 0.2) is 86.1 Å².